The molecule has 10 heteroatoms. The molecule has 2 fully saturated rings. The molecule has 0 saturated carbocycles. The number of hydrogen-bond donors (Lipinski definition) is 2. The standard InChI is InChI=1S/C25H37N9O/c1-17(2)31-11-5-8-19(14-31)27-24(35)21-10-6-12-33(21)25-29-23(20-9-7-13-34(20)30-25)28-22-15-32(16-26-22)18(3)4/h7,9,13,15-19,21H,5-6,8,10-12,14H2,1-4H3,(H,27,35)(H,28,29,30). The molecule has 2 N–H and O–H groups in total. The van der Waals surface area contributed by atoms with Crippen LogP contribution in [0.2, 0.25) is 0 Å². The molecule has 35 heavy (non-hydrogen) atoms. The van der Waals surface area contributed by atoms with Crippen molar-refractivity contribution in [1.29, 1.82) is 0 Å². The van der Waals surface area contributed by atoms with Crippen LogP contribution in [0.3, 0.4) is 0 Å². The summed E-state index contributed by atoms with van der Waals surface area (Å²) in [6.45, 7) is 11.5. The second kappa shape index (κ2) is 9.85. The van der Waals surface area contributed by atoms with Crippen molar-refractivity contribution in [2.45, 2.75) is 77.5 Å². The number of rotatable bonds is 7. The maximum Gasteiger partial charge on any atom is 0.246 e. The average Bonchev–Trinajstić information content (AvgIpc) is 3.59. The van der Waals surface area contributed by atoms with Crippen molar-refractivity contribution < 1.29 is 4.79 Å². The summed E-state index contributed by atoms with van der Waals surface area (Å²) >= 11 is 0. The van der Waals surface area contributed by atoms with Gasteiger partial charge in [-0.25, -0.2) is 9.50 Å². The molecule has 3 aromatic rings. The number of nitrogens with one attached hydrogen (secondary N) is 2. The van der Waals surface area contributed by atoms with Crippen LogP contribution in [-0.4, -0.2) is 72.7 Å². The van der Waals surface area contributed by atoms with Crippen LogP contribution < -0.4 is 15.5 Å². The zero-order valence-electron chi connectivity index (χ0n) is 21.2. The summed E-state index contributed by atoms with van der Waals surface area (Å²) in [6, 6.07) is 4.69. The molecule has 2 unspecified atom stereocenters. The van der Waals surface area contributed by atoms with E-state index in [4.69, 9.17) is 10.1 Å². The van der Waals surface area contributed by atoms with Gasteiger partial charge in [-0.05, 0) is 72.1 Å². The first-order valence-corrected chi connectivity index (χ1v) is 12.9. The summed E-state index contributed by atoms with van der Waals surface area (Å²) in [7, 11) is 0. The normalized spacial score (nSPS) is 21.4. The lowest BCUT2D eigenvalue weighted by Gasteiger charge is -2.36. The van der Waals surface area contributed by atoms with Crippen molar-refractivity contribution in [3.8, 4) is 0 Å². The van der Waals surface area contributed by atoms with Gasteiger partial charge in [0.15, 0.2) is 5.82 Å². The van der Waals surface area contributed by atoms with Gasteiger partial charge in [0.2, 0.25) is 11.9 Å². The van der Waals surface area contributed by atoms with Gasteiger partial charge in [-0.2, -0.15) is 4.98 Å². The number of anilines is 3. The zero-order chi connectivity index (χ0) is 24.5. The molecule has 5 rings (SSSR count). The summed E-state index contributed by atoms with van der Waals surface area (Å²) in [6.07, 6.45) is 9.60. The van der Waals surface area contributed by atoms with Crippen LogP contribution in [0.1, 0.15) is 59.4 Å². The van der Waals surface area contributed by atoms with Gasteiger partial charge in [-0.1, -0.05) is 0 Å². The van der Waals surface area contributed by atoms with Gasteiger partial charge in [0.1, 0.15) is 17.4 Å². The minimum absolute atomic E-state index is 0.0829. The largest absolute Gasteiger partial charge is 0.350 e. The maximum absolute atomic E-state index is 13.4. The predicted molar refractivity (Wildman–Crippen MR) is 137 cm³/mol. The van der Waals surface area contributed by atoms with Crippen molar-refractivity contribution in [3.63, 3.8) is 0 Å². The van der Waals surface area contributed by atoms with E-state index in [1.54, 1.807) is 0 Å². The highest BCUT2D eigenvalue weighted by molar-refractivity contribution is 5.86. The fourth-order valence-corrected chi connectivity index (χ4v) is 5.11. The second-order valence-electron chi connectivity index (χ2n) is 10.3. The Morgan fingerprint density at radius 3 is 2.71 bits per heavy atom. The van der Waals surface area contributed by atoms with E-state index in [2.05, 4.69) is 53.1 Å². The topological polar surface area (TPSA) is 95.6 Å². The minimum Gasteiger partial charge on any atom is -0.350 e. The SMILES string of the molecule is CC(C)N1CCCC(NC(=O)C2CCCN2c2nc(Nc3cn(C(C)C)cn3)c3cccn3n2)C1. The Morgan fingerprint density at radius 1 is 1.11 bits per heavy atom. The first-order chi connectivity index (χ1) is 16.9. The molecule has 0 aliphatic carbocycles. The Labute approximate surface area is 206 Å². The molecule has 5 heterocycles. The van der Waals surface area contributed by atoms with Crippen molar-refractivity contribution in [3.05, 3.63) is 30.9 Å². The molecule has 2 atom stereocenters. The lowest BCUT2D eigenvalue weighted by atomic mass is 10.0. The Hall–Kier alpha value is -3.14. The number of likely N-dealkylation sites (tertiary alicyclic amines) is 1. The minimum atomic E-state index is -0.259. The van der Waals surface area contributed by atoms with E-state index in [-0.39, 0.29) is 18.0 Å². The quantitative estimate of drug-likeness (QED) is 0.537. The molecule has 0 spiro atoms. The van der Waals surface area contributed by atoms with Gasteiger partial charge >= 0.3 is 0 Å². The van der Waals surface area contributed by atoms with Gasteiger partial charge in [-0.15, -0.1) is 5.10 Å². The number of amides is 1. The van der Waals surface area contributed by atoms with Crippen molar-refractivity contribution in [2.24, 2.45) is 0 Å². The molecule has 188 valence electrons. The van der Waals surface area contributed by atoms with Crippen molar-refractivity contribution >= 4 is 29.0 Å². The third kappa shape index (κ3) is 4.98. The van der Waals surface area contributed by atoms with Crippen LogP contribution in [0, 0.1) is 0 Å². The Morgan fingerprint density at radius 2 is 1.94 bits per heavy atom. The van der Waals surface area contributed by atoms with Crippen LogP contribution in [0.5, 0.6) is 0 Å². The van der Waals surface area contributed by atoms with Crippen LogP contribution in [0.25, 0.3) is 5.52 Å². The summed E-state index contributed by atoms with van der Waals surface area (Å²) in [4.78, 5) is 27.2. The van der Waals surface area contributed by atoms with Gasteiger partial charge in [0.05, 0.1) is 6.33 Å². The molecular weight excluding hydrogens is 442 g/mol. The smallest absolute Gasteiger partial charge is 0.246 e. The number of fused-ring (bicyclic) bond motifs is 1. The first-order valence-electron chi connectivity index (χ1n) is 12.9. The summed E-state index contributed by atoms with van der Waals surface area (Å²) in [5.74, 6) is 2.05. The molecule has 0 aromatic carbocycles. The van der Waals surface area contributed by atoms with E-state index in [9.17, 15) is 4.79 Å². The molecule has 0 bridgehead atoms. The molecule has 2 aliphatic heterocycles. The summed E-state index contributed by atoms with van der Waals surface area (Å²) in [5, 5.41) is 11.4. The Bertz CT molecular complexity index is 1170. The third-order valence-electron chi connectivity index (χ3n) is 7.17. The second-order valence-corrected chi connectivity index (χ2v) is 10.3. The van der Waals surface area contributed by atoms with Crippen LogP contribution in [0.4, 0.5) is 17.6 Å². The van der Waals surface area contributed by atoms with Crippen LogP contribution >= 0.6 is 0 Å². The summed E-state index contributed by atoms with van der Waals surface area (Å²) < 4.78 is 3.87. The van der Waals surface area contributed by atoms with E-state index in [0.29, 0.717) is 23.8 Å². The fourth-order valence-electron chi connectivity index (χ4n) is 5.11. The maximum atomic E-state index is 13.4. The number of imidazole rings is 1. The van der Waals surface area contributed by atoms with E-state index in [1.165, 1.54) is 0 Å². The van der Waals surface area contributed by atoms with E-state index < -0.39 is 0 Å². The Kier molecular flexibility index (Phi) is 6.64. The molecule has 10 nitrogen and oxygen atoms in total. The van der Waals surface area contributed by atoms with Gasteiger partial charge in [-0.3, -0.25) is 9.69 Å². The van der Waals surface area contributed by atoms with Gasteiger partial charge in [0.25, 0.3) is 0 Å². The average molecular weight is 480 g/mol. The van der Waals surface area contributed by atoms with Crippen molar-refractivity contribution in [2.75, 3.05) is 29.9 Å². The highest BCUT2D eigenvalue weighted by Gasteiger charge is 2.35. The monoisotopic (exact) mass is 479 g/mol. The van der Waals surface area contributed by atoms with E-state index in [0.717, 1.165) is 56.7 Å². The van der Waals surface area contributed by atoms with E-state index >= 15 is 0 Å². The summed E-state index contributed by atoms with van der Waals surface area (Å²) in [5.41, 5.74) is 0.865. The number of nitrogens with zero attached hydrogens (tertiary/aromatic N) is 7. The number of piperidine rings is 1. The third-order valence-corrected chi connectivity index (χ3v) is 7.17. The van der Waals surface area contributed by atoms with Gasteiger partial charge in [0, 0.05) is 43.6 Å². The van der Waals surface area contributed by atoms with Gasteiger partial charge < -0.3 is 20.1 Å². The fraction of sp³-hybridized carbons (Fsp3) is 0.600. The molecule has 2 saturated heterocycles. The first kappa shape index (κ1) is 23.6. The highest BCUT2D eigenvalue weighted by atomic mass is 16.2. The molecule has 2 aliphatic rings. The molecule has 1 amide bonds. The molecular formula is C25H37N9O. The van der Waals surface area contributed by atoms with E-state index in [1.807, 2.05) is 39.9 Å². The zero-order valence-corrected chi connectivity index (χ0v) is 21.2. The number of carbonyl (C=O) groups excluding carboxylic acids is 1. The van der Waals surface area contributed by atoms with Crippen LogP contribution in [-0.2, 0) is 4.79 Å². The number of hydrogen-bond acceptors (Lipinski definition) is 7. The number of carbonyl (C=O) groups is 1. The molecule has 3 aromatic heterocycles. The number of aromatic nitrogens is 5. The van der Waals surface area contributed by atoms with Crippen LogP contribution in [0.15, 0.2) is 30.9 Å². The lowest BCUT2D eigenvalue weighted by Crippen LogP contribution is -2.53. The predicted octanol–water partition coefficient (Wildman–Crippen LogP) is 3.21. The highest BCUT2D eigenvalue weighted by Crippen LogP contribution is 2.27. The Balaban J connectivity index is 1.35. The van der Waals surface area contributed by atoms with Crippen molar-refractivity contribution in [1.82, 2.24) is 34.4 Å². The molecule has 0 radical (unpaired) electrons. The lowest BCUT2D eigenvalue weighted by molar-refractivity contribution is -0.123.